The number of nitro benzene ring substituents is 1. The molecule has 1 aliphatic heterocycles. The van der Waals surface area contributed by atoms with E-state index in [9.17, 15) is 18.5 Å². The van der Waals surface area contributed by atoms with E-state index in [-0.39, 0.29) is 11.7 Å². The van der Waals surface area contributed by atoms with E-state index >= 15 is 0 Å². The average molecular weight is 313 g/mol. The quantitative estimate of drug-likeness (QED) is 0.627. The van der Waals surface area contributed by atoms with Crippen molar-refractivity contribution >= 4 is 15.7 Å². The first-order chi connectivity index (χ1) is 9.88. The van der Waals surface area contributed by atoms with E-state index < -0.39 is 14.9 Å². The molecule has 0 amide bonds. The Morgan fingerprint density at radius 3 is 2.90 bits per heavy atom. The van der Waals surface area contributed by atoms with Crippen molar-refractivity contribution in [2.24, 2.45) is 0 Å². The predicted molar refractivity (Wildman–Crippen MR) is 79.4 cm³/mol. The first-order valence-electron chi connectivity index (χ1n) is 6.79. The lowest BCUT2D eigenvalue weighted by molar-refractivity contribution is -0.384. The SMILES string of the molecule is CS(=O)(=O)N1CCC[C@@H]1CNCc1cccc([N+](=O)[O-])c1. The number of hydrogen-bond donors (Lipinski definition) is 1. The molecular formula is C13H19N3O4S. The number of nitro groups is 1. The predicted octanol–water partition coefficient (Wildman–Crippen LogP) is 1.11. The fourth-order valence-corrected chi connectivity index (χ4v) is 3.80. The summed E-state index contributed by atoms with van der Waals surface area (Å²) in [4.78, 5) is 10.3. The van der Waals surface area contributed by atoms with Crippen molar-refractivity contribution in [3.05, 3.63) is 39.9 Å². The summed E-state index contributed by atoms with van der Waals surface area (Å²) in [6, 6.07) is 6.40. The van der Waals surface area contributed by atoms with Gasteiger partial charge in [-0.25, -0.2) is 8.42 Å². The molecule has 1 fully saturated rings. The van der Waals surface area contributed by atoms with Crippen LogP contribution in [0.4, 0.5) is 5.69 Å². The smallest absolute Gasteiger partial charge is 0.269 e. The van der Waals surface area contributed by atoms with Crippen LogP contribution < -0.4 is 5.32 Å². The van der Waals surface area contributed by atoms with E-state index in [2.05, 4.69) is 5.32 Å². The molecule has 0 unspecified atom stereocenters. The summed E-state index contributed by atoms with van der Waals surface area (Å²) in [7, 11) is -3.16. The first kappa shape index (κ1) is 15.9. The summed E-state index contributed by atoms with van der Waals surface area (Å²) in [6.45, 7) is 1.60. The number of hydrogen-bond acceptors (Lipinski definition) is 5. The summed E-state index contributed by atoms with van der Waals surface area (Å²) < 4.78 is 24.8. The third kappa shape index (κ3) is 4.23. The van der Waals surface area contributed by atoms with Gasteiger partial charge in [-0.05, 0) is 18.4 Å². The molecule has 1 N–H and O–H groups in total. The van der Waals surface area contributed by atoms with Crippen molar-refractivity contribution < 1.29 is 13.3 Å². The Morgan fingerprint density at radius 2 is 2.24 bits per heavy atom. The lowest BCUT2D eigenvalue weighted by Crippen LogP contribution is -2.40. The topological polar surface area (TPSA) is 92.6 Å². The minimum absolute atomic E-state index is 0.0290. The molecule has 8 heteroatoms. The lowest BCUT2D eigenvalue weighted by atomic mass is 10.2. The fourth-order valence-electron chi connectivity index (χ4n) is 2.61. The lowest BCUT2D eigenvalue weighted by Gasteiger charge is -2.22. The molecule has 0 aliphatic carbocycles. The van der Waals surface area contributed by atoms with Gasteiger partial charge < -0.3 is 5.32 Å². The van der Waals surface area contributed by atoms with Crippen LogP contribution in [0.3, 0.4) is 0 Å². The van der Waals surface area contributed by atoms with Crippen molar-refractivity contribution in [1.82, 2.24) is 9.62 Å². The second-order valence-electron chi connectivity index (χ2n) is 5.23. The van der Waals surface area contributed by atoms with Gasteiger partial charge in [-0.2, -0.15) is 4.31 Å². The Morgan fingerprint density at radius 1 is 1.48 bits per heavy atom. The molecule has 1 aliphatic rings. The van der Waals surface area contributed by atoms with Gasteiger partial charge in [0.15, 0.2) is 0 Å². The van der Waals surface area contributed by atoms with E-state index in [1.165, 1.54) is 22.7 Å². The molecule has 1 saturated heterocycles. The Kier molecular flexibility index (Phi) is 4.92. The second-order valence-corrected chi connectivity index (χ2v) is 7.16. The van der Waals surface area contributed by atoms with Crippen LogP contribution in [0, 0.1) is 10.1 Å². The maximum atomic E-state index is 11.6. The van der Waals surface area contributed by atoms with E-state index in [1.807, 2.05) is 6.07 Å². The molecule has 0 aromatic heterocycles. The van der Waals surface area contributed by atoms with E-state index in [0.717, 1.165) is 18.4 Å². The summed E-state index contributed by atoms with van der Waals surface area (Å²) in [5.41, 5.74) is 0.876. The summed E-state index contributed by atoms with van der Waals surface area (Å²) in [5.74, 6) is 0. The molecule has 0 radical (unpaired) electrons. The molecule has 1 atom stereocenters. The second kappa shape index (κ2) is 6.50. The highest BCUT2D eigenvalue weighted by molar-refractivity contribution is 7.88. The number of benzene rings is 1. The van der Waals surface area contributed by atoms with Crippen LogP contribution in [0.2, 0.25) is 0 Å². The van der Waals surface area contributed by atoms with Gasteiger partial charge in [-0.1, -0.05) is 12.1 Å². The Hall–Kier alpha value is -1.51. The van der Waals surface area contributed by atoms with E-state index in [4.69, 9.17) is 0 Å². The monoisotopic (exact) mass is 313 g/mol. The minimum Gasteiger partial charge on any atom is -0.311 e. The third-order valence-corrected chi connectivity index (χ3v) is 4.91. The van der Waals surface area contributed by atoms with Crippen LogP contribution in [-0.2, 0) is 16.6 Å². The van der Waals surface area contributed by atoms with Crippen molar-refractivity contribution in [2.45, 2.75) is 25.4 Å². The maximum Gasteiger partial charge on any atom is 0.269 e. The highest BCUT2D eigenvalue weighted by atomic mass is 32.2. The zero-order valence-electron chi connectivity index (χ0n) is 11.9. The highest BCUT2D eigenvalue weighted by Gasteiger charge is 2.30. The normalized spacial score (nSPS) is 19.8. The molecule has 21 heavy (non-hydrogen) atoms. The number of nitrogens with one attached hydrogen (secondary N) is 1. The Balaban J connectivity index is 1.90. The first-order valence-corrected chi connectivity index (χ1v) is 8.63. The van der Waals surface area contributed by atoms with Crippen molar-refractivity contribution in [3.63, 3.8) is 0 Å². The molecule has 0 bridgehead atoms. The number of nitrogens with zero attached hydrogens (tertiary/aromatic N) is 2. The Bertz CT molecular complexity index is 618. The van der Waals surface area contributed by atoms with Crippen LogP contribution in [0.1, 0.15) is 18.4 Å². The number of non-ortho nitro benzene ring substituents is 1. The van der Waals surface area contributed by atoms with Gasteiger partial charge in [-0.3, -0.25) is 10.1 Å². The molecular weight excluding hydrogens is 294 g/mol. The van der Waals surface area contributed by atoms with Crippen molar-refractivity contribution in [1.29, 1.82) is 0 Å². The van der Waals surface area contributed by atoms with Gasteiger partial charge in [0, 0.05) is 37.8 Å². The highest BCUT2D eigenvalue weighted by Crippen LogP contribution is 2.20. The van der Waals surface area contributed by atoms with Crippen LogP contribution in [0.15, 0.2) is 24.3 Å². The molecule has 2 rings (SSSR count). The van der Waals surface area contributed by atoms with Gasteiger partial charge >= 0.3 is 0 Å². The van der Waals surface area contributed by atoms with Gasteiger partial charge in [0.1, 0.15) is 0 Å². The summed E-state index contributed by atoms with van der Waals surface area (Å²) in [6.07, 6.45) is 2.94. The fraction of sp³-hybridized carbons (Fsp3) is 0.538. The van der Waals surface area contributed by atoms with Gasteiger partial charge in [0.05, 0.1) is 11.2 Å². The van der Waals surface area contributed by atoms with Gasteiger partial charge in [-0.15, -0.1) is 0 Å². The molecule has 1 heterocycles. The van der Waals surface area contributed by atoms with Crippen LogP contribution in [0.25, 0.3) is 0 Å². The summed E-state index contributed by atoms with van der Waals surface area (Å²) >= 11 is 0. The summed E-state index contributed by atoms with van der Waals surface area (Å²) in [5, 5.41) is 13.9. The van der Waals surface area contributed by atoms with Crippen molar-refractivity contribution in [3.8, 4) is 0 Å². The van der Waals surface area contributed by atoms with Crippen LogP contribution in [-0.4, -0.2) is 43.0 Å². The molecule has 116 valence electrons. The largest absolute Gasteiger partial charge is 0.311 e. The van der Waals surface area contributed by atoms with Crippen molar-refractivity contribution in [2.75, 3.05) is 19.3 Å². The minimum atomic E-state index is -3.16. The standard InChI is InChI=1S/C13H19N3O4S/c1-21(19,20)15-7-3-6-13(15)10-14-9-11-4-2-5-12(8-11)16(17)18/h2,4-5,8,13-14H,3,6-7,9-10H2,1H3/t13-/m1/s1. The number of sulfonamides is 1. The average Bonchev–Trinajstić information content (AvgIpc) is 2.87. The van der Waals surface area contributed by atoms with Crippen LogP contribution in [0.5, 0.6) is 0 Å². The van der Waals surface area contributed by atoms with Gasteiger partial charge in [0.2, 0.25) is 10.0 Å². The third-order valence-electron chi connectivity index (χ3n) is 3.58. The zero-order chi connectivity index (χ0) is 15.5. The number of rotatable bonds is 6. The molecule has 1 aromatic rings. The van der Waals surface area contributed by atoms with Crippen LogP contribution >= 0.6 is 0 Å². The van der Waals surface area contributed by atoms with E-state index in [1.54, 1.807) is 6.07 Å². The maximum absolute atomic E-state index is 11.6. The zero-order valence-corrected chi connectivity index (χ0v) is 12.7. The molecule has 0 saturated carbocycles. The Labute approximate surface area is 124 Å². The molecule has 0 spiro atoms. The van der Waals surface area contributed by atoms with E-state index in [0.29, 0.717) is 19.6 Å². The molecule has 1 aromatic carbocycles. The van der Waals surface area contributed by atoms with Gasteiger partial charge in [0.25, 0.3) is 5.69 Å². The molecule has 7 nitrogen and oxygen atoms in total.